The molecule has 4 heterocycles. The molecule has 2 saturated heterocycles. The maximum atomic E-state index is 15.4. The molecule has 3 aliphatic heterocycles. The van der Waals surface area contributed by atoms with Crippen LogP contribution in [0.1, 0.15) is 74.7 Å². The molecule has 1 aromatic heterocycles. The summed E-state index contributed by atoms with van der Waals surface area (Å²) in [5.41, 5.74) is 8.72. The molecule has 0 spiro atoms. The molecule has 1 unspecified atom stereocenters. The zero-order chi connectivity index (χ0) is 27.5. The van der Waals surface area contributed by atoms with Crippen molar-refractivity contribution in [2.24, 2.45) is 9.98 Å². The van der Waals surface area contributed by atoms with Gasteiger partial charge in [0, 0.05) is 5.92 Å². The summed E-state index contributed by atoms with van der Waals surface area (Å²) >= 11 is 5.97. The van der Waals surface area contributed by atoms with Gasteiger partial charge in [-0.05, 0) is 0 Å². The number of aryl methyl sites for hydroxylation is 1. The molecule has 0 radical (unpaired) electrons. The molecular formula is C27H34ClFIN8O-. The molecule has 9 nitrogen and oxygen atoms in total. The first-order valence-electron chi connectivity index (χ1n) is 13.2. The van der Waals surface area contributed by atoms with Gasteiger partial charge in [0.25, 0.3) is 0 Å². The van der Waals surface area contributed by atoms with Gasteiger partial charge in [0.15, 0.2) is 5.82 Å². The first kappa shape index (κ1) is 28.2. The zero-order valence-corrected chi connectivity index (χ0v) is 25.5. The van der Waals surface area contributed by atoms with Crippen LogP contribution < -0.4 is 37.4 Å². The standard InChI is InChI=1S/C27H34ClFIN8O/c1-15(2)26-34-25(39-37-26)14-38-7-5-18(6-8-38)19-11-21(29)22(9-16(19)3)31-24-13-30-12-20(28)27(33-24)32-23-10-17(4)35-36-23/h9,11-13,15,17-18,31,35H,5-8,10,14H2,1-4H3,(H,32,33,36)/q-1. The number of nitrogens with one attached hydrogen (secondary N) is 3. The molecule has 210 valence electrons. The van der Waals surface area contributed by atoms with Gasteiger partial charge in [-0.3, -0.25) is 0 Å². The van der Waals surface area contributed by atoms with Crippen LogP contribution in [0.2, 0.25) is 0 Å². The number of rotatable bonds is 6. The van der Waals surface area contributed by atoms with Gasteiger partial charge in [-0.15, -0.1) is 0 Å². The third-order valence-corrected chi connectivity index (χ3v) is 9.55. The molecule has 0 amide bonds. The van der Waals surface area contributed by atoms with Crippen molar-refractivity contribution in [2.45, 2.75) is 71.4 Å². The van der Waals surface area contributed by atoms with Crippen LogP contribution in [0.5, 0.6) is 0 Å². The normalized spacial score (nSPS) is 22.2. The van der Waals surface area contributed by atoms with Crippen molar-refractivity contribution in [2.75, 3.05) is 18.4 Å². The van der Waals surface area contributed by atoms with Crippen LogP contribution >= 0.6 is 11.6 Å². The molecule has 39 heavy (non-hydrogen) atoms. The summed E-state index contributed by atoms with van der Waals surface area (Å²) in [7, 11) is 0. The molecule has 0 saturated carbocycles. The van der Waals surface area contributed by atoms with Crippen molar-refractivity contribution in [1.82, 2.24) is 25.9 Å². The second kappa shape index (κ2) is 12.4. The van der Waals surface area contributed by atoms with E-state index in [-0.39, 0.29) is 17.8 Å². The van der Waals surface area contributed by atoms with Crippen molar-refractivity contribution in [3.8, 4) is 0 Å². The fraction of sp³-hybridized carbons (Fsp3) is 0.481. The van der Waals surface area contributed by atoms with Gasteiger partial charge in [0.05, 0.1) is 0 Å². The average molecular weight is 668 g/mol. The molecule has 2 aromatic rings. The number of aliphatic imine (C=N–C) groups is 2. The minimum atomic E-state index is -0.488. The van der Waals surface area contributed by atoms with Crippen molar-refractivity contribution < 1.29 is 30.1 Å². The van der Waals surface area contributed by atoms with Gasteiger partial charge < -0.3 is 4.52 Å². The summed E-state index contributed by atoms with van der Waals surface area (Å²) in [5.74, 6) is 3.43. The molecule has 3 aliphatic rings. The summed E-state index contributed by atoms with van der Waals surface area (Å²) < 4.78 is 24.7. The van der Waals surface area contributed by atoms with Crippen LogP contribution in [0.4, 0.5) is 10.1 Å². The van der Waals surface area contributed by atoms with Crippen LogP contribution in [-0.2, 0) is 6.54 Å². The van der Waals surface area contributed by atoms with Crippen LogP contribution in [0, 0.1) is 12.7 Å². The van der Waals surface area contributed by atoms with Crippen molar-refractivity contribution in [3.63, 3.8) is 0 Å². The van der Waals surface area contributed by atoms with E-state index < -0.39 is 21.2 Å². The Kier molecular flexibility index (Phi) is 8.99. The topological polar surface area (TPSA) is 103 Å². The number of amidine groups is 2. The fourth-order valence-electron chi connectivity index (χ4n) is 4.85. The van der Waals surface area contributed by atoms with E-state index in [0.717, 1.165) is 55.1 Å². The Hall–Kier alpha value is -2.35. The van der Waals surface area contributed by atoms with Crippen molar-refractivity contribution >= 4 is 29.0 Å². The number of hydrogen-bond donors (Lipinski definition) is 3. The van der Waals surface area contributed by atoms with Crippen molar-refractivity contribution in [1.29, 1.82) is 0 Å². The predicted molar refractivity (Wildman–Crippen MR) is 148 cm³/mol. The summed E-state index contributed by atoms with van der Waals surface area (Å²) in [6, 6.07) is 3.85. The fourth-order valence-corrected chi connectivity index (χ4v) is 6.66. The Balaban J connectivity index is 1.23. The minimum absolute atomic E-state index is 0.247. The third-order valence-electron chi connectivity index (χ3n) is 6.97. The second-order valence-corrected chi connectivity index (χ2v) is 12.9. The second-order valence-electron chi connectivity index (χ2n) is 10.5. The Bertz CT molecular complexity index is 1330. The Morgan fingerprint density at radius 1 is 1.28 bits per heavy atom. The third kappa shape index (κ3) is 7.05. The number of nitrogens with zero attached hydrogens (tertiary/aromatic N) is 5. The first-order valence-corrected chi connectivity index (χ1v) is 16.1. The van der Waals surface area contributed by atoms with Gasteiger partial charge in [-0.25, -0.2) is 0 Å². The Morgan fingerprint density at radius 2 is 2.08 bits per heavy atom. The molecule has 0 bridgehead atoms. The van der Waals surface area contributed by atoms with Crippen LogP contribution in [-0.4, -0.2) is 45.8 Å². The Morgan fingerprint density at radius 3 is 2.77 bits per heavy atom. The van der Waals surface area contributed by atoms with E-state index in [1.165, 1.54) is 0 Å². The summed E-state index contributed by atoms with van der Waals surface area (Å²) in [6.45, 7) is 10.7. The van der Waals surface area contributed by atoms with E-state index in [4.69, 9.17) is 16.1 Å². The number of piperidine rings is 1. The van der Waals surface area contributed by atoms with E-state index in [2.05, 4.69) is 62.0 Å². The van der Waals surface area contributed by atoms with E-state index in [9.17, 15) is 0 Å². The summed E-state index contributed by atoms with van der Waals surface area (Å²) in [6.07, 6.45) is 2.66. The quantitative estimate of drug-likeness (QED) is 0.406. The van der Waals surface area contributed by atoms with Crippen molar-refractivity contribution in [3.05, 3.63) is 59.8 Å². The monoisotopic (exact) mass is 667 g/mol. The van der Waals surface area contributed by atoms with E-state index in [1.807, 2.05) is 21.2 Å². The SMILES string of the molecule is Cc1cc(NC2=C[I-]C=C(Cl)C(N=C3CC(C)NN3)=N2)c(F)cc1C1CCN(Cc2nc(C(C)C)no2)CC1. The number of halogens is 3. The van der Waals surface area contributed by atoms with Gasteiger partial charge in [-0.2, -0.15) is 4.98 Å². The van der Waals surface area contributed by atoms with E-state index in [0.29, 0.717) is 40.7 Å². The van der Waals surface area contributed by atoms with Crippen LogP contribution in [0.25, 0.3) is 0 Å². The number of hydrogen-bond acceptors (Lipinski definition) is 8. The average Bonchev–Trinajstić information content (AvgIpc) is 3.50. The Labute approximate surface area is 243 Å². The maximum absolute atomic E-state index is 15.4. The molecule has 1 atom stereocenters. The molecule has 1 aromatic carbocycles. The van der Waals surface area contributed by atoms with Gasteiger partial charge in [0.2, 0.25) is 5.89 Å². The number of benzene rings is 1. The number of likely N-dealkylation sites (tertiary alicyclic amines) is 1. The molecule has 12 heteroatoms. The number of anilines is 1. The van der Waals surface area contributed by atoms with Gasteiger partial charge in [0.1, 0.15) is 0 Å². The molecule has 2 fully saturated rings. The first-order chi connectivity index (χ1) is 18.7. The van der Waals surface area contributed by atoms with Crippen LogP contribution in [0.3, 0.4) is 0 Å². The predicted octanol–water partition coefficient (Wildman–Crippen LogP) is 2.10. The van der Waals surface area contributed by atoms with Crippen LogP contribution in [0.15, 0.2) is 45.7 Å². The summed E-state index contributed by atoms with van der Waals surface area (Å²) in [5, 5.41) is 7.76. The summed E-state index contributed by atoms with van der Waals surface area (Å²) in [4.78, 5) is 16.0. The van der Waals surface area contributed by atoms with E-state index >= 15 is 4.39 Å². The number of hydrazine groups is 1. The zero-order valence-electron chi connectivity index (χ0n) is 22.6. The molecule has 5 rings (SSSR count). The van der Waals surface area contributed by atoms with Gasteiger partial charge in [-0.1, -0.05) is 19.0 Å². The molecular weight excluding hydrogens is 634 g/mol. The molecule has 3 N–H and O–H groups in total. The molecule has 0 aliphatic carbocycles. The van der Waals surface area contributed by atoms with E-state index in [1.54, 1.807) is 6.07 Å². The number of aromatic nitrogens is 2. The van der Waals surface area contributed by atoms with Gasteiger partial charge >= 0.3 is 198 Å².